The third-order valence-electron chi connectivity index (χ3n) is 5.75. The number of carbonyl (C=O) groups is 1. The zero-order valence-corrected chi connectivity index (χ0v) is 12.8. The second-order valence-corrected chi connectivity index (χ2v) is 7.14. The summed E-state index contributed by atoms with van der Waals surface area (Å²) in [7, 11) is 0. The van der Waals surface area contributed by atoms with Gasteiger partial charge in [-0.15, -0.1) is 6.58 Å². The molecule has 3 rings (SSSR count). The molecule has 6 atom stereocenters. The summed E-state index contributed by atoms with van der Waals surface area (Å²) in [5, 5.41) is 0. The van der Waals surface area contributed by atoms with Crippen LogP contribution in [0.4, 0.5) is 0 Å². The smallest absolute Gasteiger partial charge is 0.141 e. The molecular weight excluding hydrogens is 248 g/mol. The van der Waals surface area contributed by atoms with Gasteiger partial charge in [0.1, 0.15) is 5.78 Å². The number of rotatable bonds is 3. The first-order valence-electron chi connectivity index (χ1n) is 8.00. The Morgan fingerprint density at radius 3 is 2.90 bits per heavy atom. The van der Waals surface area contributed by atoms with Gasteiger partial charge in [-0.2, -0.15) is 0 Å². The highest BCUT2D eigenvalue weighted by molar-refractivity contribution is 5.83. The van der Waals surface area contributed by atoms with Gasteiger partial charge in [-0.1, -0.05) is 31.6 Å². The molecule has 0 spiro atoms. The topological polar surface area (TPSA) is 26.3 Å². The molecule has 2 bridgehead atoms. The van der Waals surface area contributed by atoms with Crippen molar-refractivity contribution in [1.29, 1.82) is 0 Å². The fraction of sp³-hybridized carbons (Fsp3) is 0.722. The average Bonchev–Trinajstić information content (AvgIpc) is 2.71. The number of hydrogen-bond acceptors (Lipinski definition) is 2. The van der Waals surface area contributed by atoms with Crippen molar-refractivity contribution in [1.82, 2.24) is 0 Å². The molecule has 2 heterocycles. The van der Waals surface area contributed by atoms with E-state index in [1.165, 1.54) is 5.57 Å². The van der Waals surface area contributed by atoms with E-state index in [1.54, 1.807) is 0 Å². The van der Waals surface area contributed by atoms with E-state index in [4.69, 9.17) is 4.74 Å². The van der Waals surface area contributed by atoms with Crippen LogP contribution in [0, 0.1) is 29.6 Å². The van der Waals surface area contributed by atoms with Crippen molar-refractivity contribution in [3.8, 4) is 0 Å². The van der Waals surface area contributed by atoms with Crippen LogP contribution in [0.2, 0.25) is 0 Å². The minimum atomic E-state index is 0.0471. The van der Waals surface area contributed by atoms with E-state index < -0.39 is 0 Å². The van der Waals surface area contributed by atoms with E-state index in [0.29, 0.717) is 35.9 Å². The highest BCUT2D eigenvalue weighted by Gasteiger charge is 2.56. The van der Waals surface area contributed by atoms with Gasteiger partial charge in [0.05, 0.1) is 12.2 Å². The summed E-state index contributed by atoms with van der Waals surface area (Å²) >= 11 is 0. The summed E-state index contributed by atoms with van der Waals surface area (Å²) in [4.78, 5) is 12.4. The van der Waals surface area contributed by atoms with Gasteiger partial charge in [0.25, 0.3) is 0 Å². The molecule has 3 aliphatic rings. The molecule has 0 aromatic heterocycles. The van der Waals surface area contributed by atoms with Gasteiger partial charge >= 0.3 is 0 Å². The number of hydrogen-bond donors (Lipinski definition) is 0. The summed E-state index contributed by atoms with van der Waals surface area (Å²) in [6.07, 6.45) is 7.06. The van der Waals surface area contributed by atoms with Crippen molar-refractivity contribution >= 4 is 5.78 Å². The fourth-order valence-corrected chi connectivity index (χ4v) is 4.78. The van der Waals surface area contributed by atoms with Crippen LogP contribution >= 0.6 is 0 Å². The van der Waals surface area contributed by atoms with Crippen LogP contribution in [0.15, 0.2) is 24.3 Å². The lowest BCUT2D eigenvalue weighted by Crippen LogP contribution is -2.40. The Morgan fingerprint density at radius 1 is 1.50 bits per heavy atom. The maximum Gasteiger partial charge on any atom is 0.141 e. The number of fused-ring (bicyclic) bond motifs is 5. The molecule has 0 N–H and O–H groups in total. The van der Waals surface area contributed by atoms with Crippen molar-refractivity contribution < 1.29 is 9.53 Å². The van der Waals surface area contributed by atoms with Crippen LogP contribution in [0.1, 0.15) is 40.0 Å². The summed E-state index contributed by atoms with van der Waals surface area (Å²) in [5.74, 6) is 2.74. The Labute approximate surface area is 122 Å². The van der Waals surface area contributed by atoms with Crippen LogP contribution < -0.4 is 0 Å². The summed E-state index contributed by atoms with van der Waals surface area (Å²) in [5.41, 5.74) is 1.45. The normalized spacial score (nSPS) is 43.4. The molecule has 2 nitrogen and oxygen atoms in total. The first kappa shape index (κ1) is 14.1. The molecule has 0 unspecified atom stereocenters. The van der Waals surface area contributed by atoms with Gasteiger partial charge in [-0.25, -0.2) is 0 Å². The summed E-state index contributed by atoms with van der Waals surface area (Å²) in [6.45, 7) is 10.7. The lowest BCUT2D eigenvalue weighted by molar-refractivity contribution is -0.140. The van der Waals surface area contributed by atoms with E-state index >= 15 is 0 Å². The van der Waals surface area contributed by atoms with Crippen LogP contribution in [0.25, 0.3) is 0 Å². The number of carbonyl (C=O) groups excluding carboxylic acids is 1. The van der Waals surface area contributed by atoms with Crippen LogP contribution in [0.5, 0.6) is 0 Å². The molecule has 2 fully saturated rings. The molecule has 0 radical (unpaired) electrons. The molecule has 0 amide bonds. The Morgan fingerprint density at radius 2 is 2.25 bits per heavy atom. The van der Waals surface area contributed by atoms with Gasteiger partial charge in [0.2, 0.25) is 0 Å². The third kappa shape index (κ3) is 2.00. The molecule has 0 saturated carbocycles. The largest absolute Gasteiger partial charge is 0.373 e. The zero-order chi connectivity index (χ0) is 14.4. The fourth-order valence-electron chi connectivity index (χ4n) is 4.78. The van der Waals surface area contributed by atoms with E-state index in [2.05, 4.69) is 33.4 Å². The highest BCUT2D eigenvalue weighted by Crippen LogP contribution is 2.54. The van der Waals surface area contributed by atoms with E-state index in [1.807, 2.05) is 6.08 Å². The van der Waals surface area contributed by atoms with Crippen LogP contribution in [-0.4, -0.2) is 18.0 Å². The number of Topliss-reactive ketones (excluding diaryl/α,β-unsaturated/α-hetero) is 1. The maximum absolute atomic E-state index is 12.4. The average molecular weight is 274 g/mol. The standard InChI is InChI=1S/C18H26O2/c1-5-6-13-14(19)9-15-16-11(4)7-8-12(10(2)3)17(16)18(13)20-15/h5,7,10,12-13,15-18H,1,6,8-9H2,2-4H3/t12-,13+,15-,16-,17-,18+/m1/s1. The second kappa shape index (κ2) is 5.14. The number of ether oxygens (including phenoxy) is 1. The summed E-state index contributed by atoms with van der Waals surface area (Å²) in [6, 6.07) is 0. The van der Waals surface area contributed by atoms with E-state index in [-0.39, 0.29) is 18.1 Å². The van der Waals surface area contributed by atoms with Gasteiger partial charge in [0.15, 0.2) is 0 Å². The molecule has 2 heteroatoms. The van der Waals surface area contributed by atoms with Crippen LogP contribution in [0.3, 0.4) is 0 Å². The van der Waals surface area contributed by atoms with Crippen molar-refractivity contribution in [2.24, 2.45) is 29.6 Å². The van der Waals surface area contributed by atoms with E-state index in [0.717, 1.165) is 12.8 Å². The molecule has 2 saturated heterocycles. The molecule has 0 aromatic rings. The Hall–Kier alpha value is -0.890. The molecule has 1 aliphatic carbocycles. The zero-order valence-electron chi connectivity index (χ0n) is 12.8. The van der Waals surface area contributed by atoms with E-state index in [9.17, 15) is 4.79 Å². The van der Waals surface area contributed by atoms with Crippen molar-refractivity contribution in [2.75, 3.05) is 0 Å². The van der Waals surface area contributed by atoms with Gasteiger partial charge < -0.3 is 4.74 Å². The maximum atomic E-state index is 12.4. The summed E-state index contributed by atoms with van der Waals surface area (Å²) < 4.78 is 6.32. The predicted molar refractivity (Wildman–Crippen MR) is 80.3 cm³/mol. The predicted octanol–water partition coefficient (Wildman–Crippen LogP) is 3.77. The monoisotopic (exact) mass is 274 g/mol. The minimum Gasteiger partial charge on any atom is -0.373 e. The van der Waals surface area contributed by atoms with Crippen LogP contribution in [-0.2, 0) is 9.53 Å². The van der Waals surface area contributed by atoms with Crippen molar-refractivity contribution in [3.63, 3.8) is 0 Å². The van der Waals surface area contributed by atoms with Crippen molar-refractivity contribution in [2.45, 2.75) is 52.2 Å². The van der Waals surface area contributed by atoms with Crippen molar-refractivity contribution in [3.05, 3.63) is 24.3 Å². The van der Waals surface area contributed by atoms with Gasteiger partial charge in [-0.05, 0) is 37.5 Å². The molecule has 0 aromatic carbocycles. The minimum absolute atomic E-state index is 0.0471. The quantitative estimate of drug-likeness (QED) is 0.732. The first-order chi connectivity index (χ1) is 9.54. The SMILES string of the molecule is C=CC[C@H]1C(=O)C[C@H]2O[C@@H]1[C@H]1[C@@H]2C(C)=CC[C@@H]1C(C)C. The lowest BCUT2D eigenvalue weighted by atomic mass is 9.65. The van der Waals surface area contributed by atoms with Gasteiger partial charge in [0, 0.05) is 18.3 Å². The number of ketones is 1. The number of allylic oxidation sites excluding steroid dienone is 2. The first-order valence-corrected chi connectivity index (χ1v) is 8.00. The second-order valence-electron chi connectivity index (χ2n) is 7.14. The Bertz CT molecular complexity index is 448. The Balaban J connectivity index is 1.97. The molecule has 2 aliphatic heterocycles. The lowest BCUT2D eigenvalue weighted by Gasteiger charge is -2.38. The molecule has 110 valence electrons. The van der Waals surface area contributed by atoms with Gasteiger partial charge in [-0.3, -0.25) is 4.79 Å². The molecule has 20 heavy (non-hydrogen) atoms. The third-order valence-corrected chi connectivity index (χ3v) is 5.75. The molecular formula is C18H26O2. The Kier molecular flexibility index (Phi) is 3.62. The highest BCUT2D eigenvalue weighted by atomic mass is 16.5.